The van der Waals surface area contributed by atoms with Crippen LogP contribution in [0.5, 0.6) is 0 Å². The van der Waals surface area contributed by atoms with Crippen LogP contribution < -0.4 is 0 Å². The molecule has 0 aliphatic carbocycles. The van der Waals surface area contributed by atoms with Crippen molar-refractivity contribution in [3.05, 3.63) is 35.4 Å². The van der Waals surface area contributed by atoms with Gasteiger partial charge in [0.25, 0.3) is 0 Å². The quantitative estimate of drug-likeness (QED) is 0.725. The predicted octanol–water partition coefficient (Wildman–Crippen LogP) is 2.38. The number of aldehydes is 1. The van der Waals surface area contributed by atoms with Crippen LogP contribution in [0.2, 0.25) is 0 Å². The van der Waals surface area contributed by atoms with Gasteiger partial charge in [0.2, 0.25) is 0 Å². The van der Waals surface area contributed by atoms with E-state index in [1.54, 1.807) is 0 Å². The molecule has 0 bridgehead atoms. The van der Waals surface area contributed by atoms with E-state index in [0.717, 1.165) is 24.2 Å². The average molecular weight is 217 g/mol. The molecule has 0 aromatic heterocycles. The van der Waals surface area contributed by atoms with Crippen molar-refractivity contribution in [1.29, 1.82) is 0 Å². The first-order valence-corrected chi connectivity index (χ1v) is 6.00. The van der Waals surface area contributed by atoms with Crippen molar-refractivity contribution in [2.75, 3.05) is 20.1 Å². The standard InChI is InChI=1S/C14H19NO/c1-15-8-2-3-14(10-15)9-12-4-6-13(11-16)7-5-12/h4-7,11,14H,2-3,8-10H2,1H3. The Morgan fingerprint density at radius 1 is 1.38 bits per heavy atom. The van der Waals surface area contributed by atoms with Crippen molar-refractivity contribution < 1.29 is 4.79 Å². The monoisotopic (exact) mass is 217 g/mol. The van der Waals surface area contributed by atoms with E-state index in [0.29, 0.717) is 0 Å². The maximum absolute atomic E-state index is 10.5. The normalized spacial score (nSPS) is 21.9. The molecule has 0 saturated carbocycles. The third kappa shape index (κ3) is 2.92. The maximum Gasteiger partial charge on any atom is 0.150 e. The Morgan fingerprint density at radius 2 is 2.12 bits per heavy atom. The van der Waals surface area contributed by atoms with E-state index >= 15 is 0 Å². The molecule has 0 spiro atoms. The molecule has 0 amide bonds. The summed E-state index contributed by atoms with van der Waals surface area (Å²) >= 11 is 0. The highest BCUT2D eigenvalue weighted by Crippen LogP contribution is 2.19. The third-order valence-electron chi connectivity index (χ3n) is 3.36. The molecule has 2 nitrogen and oxygen atoms in total. The number of piperidine rings is 1. The summed E-state index contributed by atoms with van der Waals surface area (Å²) in [5.74, 6) is 0.779. The Kier molecular flexibility index (Phi) is 3.73. The lowest BCUT2D eigenvalue weighted by Gasteiger charge is -2.29. The van der Waals surface area contributed by atoms with Gasteiger partial charge in [-0.1, -0.05) is 24.3 Å². The fourth-order valence-corrected chi connectivity index (χ4v) is 2.51. The molecule has 1 aromatic carbocycles. The number of rotatable bonds is 3. The van der Waals surface area contributed by atoms with Crippen molar-refractivity contribution in [2.45, 2.75) is 19.3 Å². The lowest BCUT2D eigenvalue weighted by Crippen LogP contribution is -2.32. The zero-order valence-corrected chi connectivity index (χ0v) is 9.86. The zero-order valence-electron chi connectivity index (χ0n) is 9.86. The average Bonchev–Trinajstić information content (AvgIpc) is 2.30. The van der Waals surface area contributed by atoms with Crippen molar-refractivity contribution in [2.24, 2.45) is 5.92 Å². The van der Waals surface area contributed by atoms with E-state index < -0.39 is 0 Å². The SMILES string of the molecule is CN1CCCC(Cc2ccc(C=O)cc2)C1. The molecule has 1 saturated heterocycles. The van der Waals surface area contributed by atoms with Crippen LogP contribution in [0.4, 0.5) is 0 Å². The van der Waals surface area contributed by atoms with Crippen LogP contribution in [-0.2, 0) is 6.42 Å². The van der Waals surface area contributed by atoms with Gasteiger partial charge in [-0.25, -0.2) is 0 Å². The minimum Gasteiger partial charge on any atom is -0.306 e. The van der Waals surface area contributed by atoms with Crippen molar-refractivity contribution in [3.8, 4) is 0 Å². The van der Waals surface area contributed by atoms with Gasteiger partial charge >= 0.3 is 0 Å². The molecule has 1 aliphatic heterocycles. The fraction of sp³-hybridized carbons (Fsp3) is 0.500. The molecule has 0 N–H and O–H groups in total. The molecule has 86 valence electrons. The Balaban J connectivity index is 1.94. The van der Waals surface area contributed by atoms with Gasteiger partial charge < -0.3 is 4.90 Å². The number of carbonyl (C=O) groups excluding carboxylic acids is 1. The Bertz CT molecular complexity index is 344. The number of nitrogens with zero attached hydrogens (tertiary/aromatic N) is 1. The largest absolute Gasteiger partial charge is 0.306 e. The minimum atomic E-state index is 0.768. The predicted molar refractivity (Wildman–Crippen MR) is 65.8 cm³/mol. The summed E-state index contributed by atoms with van der Waals surface area (Å²) in [7, 11) is 2.20. The highest BCUT2D eigenvalue weighted by molar-refractivity contribution is 5.74. The molecule has 16 heavy (non-hydrogen) atoms. The van der Waals surface area contributed by atoms with Crippen LogP contribution in [0, 0.1) is 5.92 Å². The fourth-order valence-electron chi connectivity index (χ4n) is 2.51. The first-order chi connectivity index (χ1) is 7.78. The number of likely N-dealkylation sites (tertiary alicyclic amines) is 1. The van der Waals surface area contributed by atoms with E-state index in [-0.39, 0.29) is 0 Å². The second-order valence-corrected chi connectivity index (χ2v) is 4.83. The molecular formula is C14H19NO. The topological polar surface area (TPSA) is 20.3 Å². The van der Waals surface area contributed by atoms with Crippen LogP contribution in [0.15, 0.2) is 24.3 Å². The molecule has 1 unspecified atom stereocenters. The number of hydrogen-bond acceptors (Lipinski definition) is 2. The summed E-state index contributed by atoms with van der Waals surface area (Å²) in [5.41, 5.74) is 2.12. The lowest BCUT2D eigenvalue weighted by atomic mass is 9.91. The molecule has 1 heterocycles. The van der Waals surface area contributed by atoms with Crippen molar-refractivity contribution in [1.82, 2.24) is 4.90 Å². The molecule has 1 aliphatic rings. The van der Waals surface area contributed by atoms with Gasteiger partial charge in [0, 0.05) is 12.1 Å². The Labute approximate surface area is 97.3 Å². The van der Waals surface area contributed by atoms with Gasteiger partial charge in [-0.3, -0.25) is 4.79 Å². The molecule has 0 radical (unpaired) electrons. The van der Waals surface area contributed by atoms with Crippen LogP contribution in [0.3, 0.4) is 0 Å². The Morgan fingerprint density at radius 3 is 2.75 bits per heavy atom. The zero-order chi connectivity index (χ0) is 11.4. The van der Waals surface area contributed by atoms with Gasteiger partial charge in [-0.05, 0) is 44.3 Å². The lowest BCUT2D eigenvalue weighted by molar-refractivity contribution is 0.112. The second kappa shape index (κ2) is 5.26. The van der Waals surface area contributed by atoms with Crippen LogP contribution in [0.1, 0.15) is 28.8 Å². The summed E-state index contributed by atoms with van der Waals surface area (Å²) in [4.78, 5) is 13.0. The van der Waals surface area contributed by atoms with Gasteiger partial charge in [-0.15, -0.1) is 0 Å². The van der Waals surface area contributed by atoms with Gasteiger partial charge in [-0.2, -0.15) is 0 Å². The first kappa shape index (κ1) is 11.3. The second-order valence-electron chi connectivity index (χ2n) is 4.83. The van der Waals surface area contributed by atoms with E-state index in [2.05, 4.69) is 24.1 Å². The molecule has 1 aromatic rings. The summed E-state index contributed by atoms with van der Waals surface area (Å²) in [5, 5.41) is 0. The van der Waals surface area contributed by atoms with Crippen molar-refractivity contribution >= 4 is 6.29 Å². The molecular weight excluding hydrogens is 198 g/mol. The van der Waals surface area contributed by atoms with E-state index in [1.807, 2.05) is 12.1 Å². The number of hydrogen-bond donors (Lipinski definition) is 0. The highest BCUT2D eigenvalue weighted by Gasteiger charge is 2.17. The number of benzene rings is 1. The third-order valence-corrected chi connectivity index (χ3v) is 3.36. The molecule has 2 rings (SSSR count). The summed E-state index contributed by atoms with van der Waals surface area (Å²) in [6, 6.07) is 7.99. The van der Waals surface area contributed by atoms with Gasteiger partial charge in [0.1, 0.15) is 6.29 Å². The van der Waals surface area contributed by atoms with Gasteiger partial charge in [0.05, 0.1) is 0 Å². The van der Waals surface area contributed by atoms with E-state index in [1.165, 1.54) is 31.5 Å². The highest BCUT2D eigenvalue weighted by atomic mass is 16.1. The summed E-state index contributed by atoms with van der Waals surface area (Å²) < 4.78 is 0. The number of carbonyl (C=O) groups is 1. The molecule has 1 atom stereocenters. The first-order valence-electron chi connectivity index (χ1n) is 6.00. The Hall–Kier alpha value is -1.15. The summed E-state index contributed by atoms with van der Waals surface area (Å²) in [6.45, 7) is 2.44. The van der Waals surface area contributed by atoms with Crippen LogP contribution in [-0.4, -0.2) is 31.3 Å². The van der Waals surface area contributed by atoms with Crippen molar-refractivity contribution in [3.63, 3.8) is 0 Å². The minimum absolute atomic E-state index is 0.768. The van der Waals surface area contributed by atoms with E-state index in [9.17, 15) is 4.79 Å². The summed E-state index contributed by atoms with van der Waals surface area (Å²) in [6.07, 6.45) is 4.69. The van der Waals surface area contributed by atoms with E-state index in [4.69, 9.17) is 0 Å². The maximum atomic E-state index is 10.5. The van der Waals surface area contributed by atoms with Crippen LogP contribution >= 0.6 is 0 Å². The van der Waals surface area contributed by atoms with Crippen LogP contribution in [0.25, 0.3) is 0 Å². The van der Waals surface area contributed by atoms with Gasteiger partial charge in [0.15, 0.2) is 0 Å². The molecule has 2 heteroatoms. The molecule has 1 fully saturated rings. The smallest absolute Gasteiger partial charge is 0.150 e.